The van der Waals surface area contributed by atoms with Crippen molar-refractivity contribution < 1.29 is 9.90 Å². The molecule has 0 spiro atoms. The number of thioether (sulfide) groups is 1. The van der Waals surface area contributed by atoms with Crippen molar-refractivity contribution in [3.05, 3.63) is 60.1 Å². The van der Waals surface area contributed by atoms with Crippen LogP contribution in [0.3, 0.4) is 0 Å². The molecule has 3 atom stereocenters. The molecule has 2 aliphatic rings. The third-order valence-electron chi connectivity index (χ3n) is 5.77. The Morgan fingerprint density at radius 1 is 1.17 bits per heavy atom. The minimum Gasteiger partial charge on any atom is -0.506 e. The van der Waals surface area contributed by atoms with Crippen molar-refractivity contribution in [1.29, 1.82) is 0 Å². The summed E-state index contributed by atoms with van der Waals surface area (Å²) in [5.41, 5.74) is 1.55. The fourth-order valence-electron chi connectivity index (χ4n) is 4.20. The van der Waals surface area contributed by atoms with Gasteiger partial charge in [-0.05, 0) is 94.3 Å². The lowest BCUT2D eigenvalue weighted by atomic mass is 9.85. The molecule has 158 valence electrons. The second-order valence-electron chi connectivity index (χ2n) is 7.86. The molecule has 7 heteroatoms. The summed E-state index contributed by atoms with van der Waals surface area (Å²) in [6, 6.07) is 14.1. The second kappa shape index (κ2) is 9.68. The van der Waals surface area contributed by atoms with Crippen molar-refractivity contribution in [2.45, 2.75) is 44.1 Å². The highest BCUT2D eigenvalue weighted by atomic mass is 127. The predicted octanol–water partition coefficient (Wildman–Crippen LogP) is 6.49. The van der Waals surface area contributed by atoms with Crippen LogP contribution in [-0.2, 0) is 4.79 Å². The van der Waals surface area contributed by atoms with E-state index in [2.05, 4.69) is 57.4 Å². The Morgan fingerprint density at radius 3 is 2.63 bits per heavy atom. The molecule has 2 aromatic rings. The molecule has 2 fully saturated rings. The van der Waals surface area contributed by atoms with Crippen molar-refractivity contribution >= 4 is 74.6 Å². The summed E-state index contributed by atoms with van der Waals surface area (Å²) in [7, 11) is 0. The van der Waals surface area contributed by atoms with Crippen molar-refractivity contribution in [2.75, 3.05) is 5.32 Å². The van der Waals surface area contributed by atoms with E-state index in [1.165, 1.54) is 6.42 Å². The Labute approximate surface area is 209 Å². The summed E-state index contributed by atoms with van der Waals surface area (Å²) < 4.78 is 1.83. The first kappa shape index (κ1) is 22.3. The third kappa shape index (κ3) is 4.77. The number of para-hydroxylation sites is 1. The first-order valence-corrected chi connectivity index (χ1v) is 13.2. The zero-order chi connectivity index (χ0) is 21.3. The molecule has 0 aromatic heterocycles. The highest BCUT2D eigenvalue weighted by Crippen LogP contribution is 2.43. The number of anilines is 1. The molecule has 1 saturated heterocycles. The average Bonchev–Trinajstić information content (AvgIpc) is 3.02. The minimum absolute atomic E-state index is 0.0560. The molecule has 4 rings (SSSR count). The van der Waals surface area contributed by atoms with Crippen LogP contribution in [0, 0.1) is 13.1 Å². The fraction of sp³-hybridized carbons (Fsp3) is 0.348. The van der Waals surface area contributed by atoms with Crippen LogP contribution in [0.1, 0.15) is 38.2 Å². The molecule has 1 unspecified atom stereocenters. The van der Waals surface area contributed by atoms with Crippen molar-refractivity contribution in [2.24, 2.45) is 5.92 Å². The van der Waals surface area contributed by atoms with Gasteiger partial charge in [-0.1, -0.05) is 49.7 Å². The van der Waals surface area contributed by atoms with Crippen LogP contribution >= 0.6 is 56.9 Å². The normalized spacial score (nSPS) is 25.7. The van der Waals surface area contributed by atoms with E-state index in [1.807, 2.05) is 53.4 Å². The maximum Gasteiger partial charge on any atom is 0.262 e. The third-order valence-corrected chi connectivity index (χ3v) is 8.33. The van der Waals surface area contributed by atoms with Gasteiger partial charge in [0.1, 0.15) is 5.75 Å². The first-order valence-electron chi connectivity index (χ1n) is 10.1. The monoisotopic (exact) mass is 646 g/mol. The van der Waals surface area contributed by atoms with Gasteiger partial charge in [-0.15, -0.1) is 0 Å². The van der Waals surface area contributed by atoms with Crippen molar-refractivity contribution in [3.63, 3.8) is 0 Å². The van der Waals surface area contributed by atoms with E-state index in [9.17, 15) is 9.90 Å². The summed E-state index contributed by atoms with van der Waals surface area (Å²) in [5.74, 6) is 0.768. The van der Waals surface area contributed by atoms with E-state index in [0.29, 0.717) is 16.4 Å². The maximum absolute atomic E-state index is 13.5. The molecule has 1 aliphatic carbocycles. The second-order valence-corrected chi connectivity index (χ2v) is 11.4. The molecule has 1 amide bonds. The summed E-state index contributed by atoms with van der Waals surface area (Å²) in [6.07, 6.45) is 6.45. The number of hydrogen-bond acceptors (Lipinski definition) is 4. The van der Waals surface area contributed by atoms with E-state index in [1.54, 1.807) is 11.8 Å². The minimum atomic E-state index is -0.152. The molecule has 4 nitrogen and oxygen atoms in total. The highest BCUT2D eigenvalue weighted by molar-refractivity contribution is 14.1. The molecule has 1 aliphatic heterocycles. The summed E-state index contributed by atoms with van der Waals surface area (Å²) in [4.78, 5) is 16.3. The molecular formula is C23H24I2N2O2S. The Bertz CT molecular complexity index is 967. The van der Waals surface area contributed by atoms with E-state index >= 15 is 0 Å². The van der Waals surface area contributed by atoms with Gasteiger partial charge in [-0.25, -0.2) is 0 Å². The van der Waals surface area contributed by atoms with Crippen LogP contribution in [0.2, 0.25) is 0 Å². The van der Waals surface area contributed by atoms with Crippen LogP contribution in [0.4, 0.5) is 5.69 Å². The Kier molecular flexibility index (Phi) is 7.19. The van der Waals surface area contributed by atoms with Gasteiger partial charge in [-0.3, -0.25) is 4.79 Å². The number of rotatable bonds is 4. The molecule has 0 radical (unpaired) electrons. The number of amides is 1. The number of phenols is 1. The van der Waals surface area contributed by atoms with Crippen LogP contribution < -0.4 is 5.32 Å². The van der Waals surface area contributed by atoms with Crippen LogP contribution in [0.25, 0.3) is 6.08 Å². The maximum atomic E-state index is 13.5. The smallest absolute Gasteiger partial charge is 0.262 e. The standard InChI is InChI=1S/C23H24I2N2O2S/c1-14-7-5-6-10-19(14)27-22(29)20(12-15-11-16(24)13-18(25)21(15)28)30-23(27)26-17-8-3-2-4-9-17/h2-4,8-9,11-14,19,23,26,28H,5-7,10H2,1H3/b20-12-/t14-,19-,23?/m0/s1. The van der Waals surface area contributed by atoms with Gasteiger partial charge in [-0.2, -0.15) is 0 Å². The lowest BCUT2D eigenvalue weighted by Crippen LogP contribution is -2.48. The molecule has 1 heterocycles. The predicted molar refractivity (Wildman–Crippen MR) is 141 cm³/mol. The molecular weight excluding hydrogens is 622 g/mol. The number of aromatic hydroxyl groups is 1. The van der Waals surface area contributed by atoms with Gasteiger partial charge in [0.25, 0.3) is 5.91 Å². The van der Waals surface area contributed by atoms with Gasteiger partial charge in [0.2, 0.25) is 0 Å². The summed E-state index contributed by atoms with van der Waals surface area (Å²) >= 11 is 5.91. The molecule has 2 N–H and O–H groups in total. The quantitative estimate of drug-likeness (QED) is 0.295. The largest absolute Gasteiger partial charge is 0.506 e. The zero-order valence-electron chi connectivity index (χ0n) is 16.6. The number of carbonyl (C=O) groups is 1. The highest BCUT2D eigenvalue weighted by Gasteiger charge is 2.43. The summed E-state index contributed by atoms with van der Waals surface area (Å²) in [6.45, 7) is 2.26. The van der Waals surface area contributed by atoms with Gasteiger partial charge < -0.3 is 15.3 Å². The number of nitrogens with one attached hydrogen (secondary N) is 1. The van der Waals surface area contributed by atoms with E-state index in [0.717, 1.165) is 32.1 Å². The first-order chi connectivity index (χ1) is 14.4. The number of benzene rings is 2. The molecule has 30 heavy (non-hydrogen) atoms. The number of carbonyl (C=O) groups excluding carboxylic acids is 1. The lowest BCUT2D eigenvalue weighted by molar-refractivity contribution is -0.129. The Morgan fingerprint density at radius 2 is 1.90 bits per heavy atom. The van der Waals surface area contributed by atoms with E-state index < -0.39 is 0 Å². The van der Waals surface area contributed by atoms with Crippen molar-refractivity contribution in [1.82, 2.24) is 4.90 Å². The van der Waals surface area contributed by atoms with Crippen molar-refractivity contribution in [3.8, 4) is 5.75 Å². The number of halogens is 2. The lowest BCUT2D eigenvalue weighted by Gasteiger charge is -2.39. The SMILES string of the molecule is C[C@H]1CCCC[C@@H]1N1C(=O)/C(=C/c2cc(I)cc(I)c2O)SC1Nc1ccccc1. The number of phenolic OH excluding ortho intramolecular Hbond substituents is 1. The van der Waals surface area contributed by atoms with Gasteiger partial charge >= 0.3 is 0 Å². The zero-order valence-corrected chi connectivity index (χ0v) is 21.8. The Hall–Kier alpha value is -0.940. The average molecular weight is 646 g/mol. The number of nitrogens with zero attached hydrogens (tertiary/aromatic N) is 1. The topological polar surface area (TPSA) is 52.6 Å². The summed E-state index contributed by atoms with van der Waals surface area (Å²) in [5, 5.41) is 14.1. The Balaban J connectivity index is 1.69. The van der Waals surface area contributed by atoms with Crippen LogP contribution in [0.5, 0.6) is 5.75 Å². The van der Waals surface area contributed by atoms with Gasteiger partial charge in [0.15, 0.2) is 5.50 Å². The van der Waals surface area contributed by atoms with E-state index in [-0.39, 0.29) is 23.2 Å². The fourth-order valence-corrected chi connectivity index (χ4v) is 7.30. The molecule has 0 bridgehead atoms. The van der Waals surface area contributed by atoms with Gasteiger partial charge in [0, 0.05) is 20.9 Å². The van der Waals surface area contributed by atoms with Crippen LogP contribution in [0.15, 0.2) is 47.4 Å². The molecule has 1 saturated carbocycles. The number of hydrogen-bond donors (Lipinski definition) is 2. The van der Waals surface area contributed by atoms with Gasteiger partial charge in [0.05, 0.1) is 8.48 Å². The van der Waals surface area contributed by atoms with E-state index in [4.69, 9.17) is 0 Å². The van der Waals surface area contributed by atoms with Crippen LogP contribution in [-0.4, -0.2) is 27.5 Å². The molecule has 2 aromatic carbocycles.